The second-order valence-electron chi connectivity index (χ2n) is 6.37. The van der Waals surface area contributed by atoms with Crippen molar-refractivity contribution >= 4 is 38.0 Å². The predicted octanol–water partition coefficient (Wildman–Crippen LogP) is -2.09. The van der Waals surface area contributed by atoms with Gasteiger partial charge in [0.05, 0.1) is 0 Å². The highest BCUT2D eigenvalue weighted by Crippen LogP contribution is 2.20. The van der Waals surface area contributed by atoms with E-state index in [0.29, 0.717) is 0 Å². The van der Waals surface area contributed by atoms with Crippen LogP contribution in [0.25, 0.3) is 0 Å². The third kappa shape index (κ3) is 11.3. The second kappa shape index (κ2) is 12.5. The maximum absolute atomic E-state index is 13.4. The molecule has 3 amide bonds. The van der Waals surface area contributed by atoms with Crippen molar-refractivity contribution in [2.45, 2.75) is 17.6 Å². The number of carbonyl (C=O) groups is 3. The lowest BCUT2D eigenvalue weighted by Gasteiger charge is -2.24. The lowest BCUT2D eigenvalue weighted by molar-refractivity contribution is -0.142. The van der Waals surface area contributed by atoms with Crippen molar-refractivity contribution in [3.05, 3.63) is 0 Å². The highest BCUT2D eigenvalue weighted by atomic mass is 32.2. The molecule has 0 saturated carbocycles. The minimum atomic E-state index is -6.09. The molecule has 0 spiro atoms. The molecule has 0 atom stereocenters. The minimum Gasteiger partial charge on any atom is -0.350 e. The normalized spacial score (nSPS) is 13.1. The number of nitrogens with zero attached hydrogens (tertiary/aromatic N) is 1. The summed E-state index contributed by atoms with van der Waals surface area (Å²) in [5.74, 6) is -13.0. The maximum atomic E-state index is 13.4. The standard InChI is InChI=1S/C13H20F6N4O9S2/c14-8(15)9(24)20-1-4-23(6-3-22-11(26)13(18,19)34(30,31)32)5-2-21-10(25)12(16,17)7-33(27,28)29/h8H,1-7H2,(H,20,24)(H,21,25)(H,22,26)(H,27,28,29)(H,30,31,32). The molecule has 0 aliphatic heterocycles. The SMILES string of the molecule is O=C(NCCN(CCNC(=O)C(F)(F)CS(=O)(=O)O)CCNC(=O)C(F)(F)S(=O)(=O)O)C(F)F. The molecule has 0 aromatic heterocycles. The Morgan fingerprint density at radius 3 is 1.59 bits per heavy atom. The van der Waals surface area contributed by atoms with Gasteiger partial charge in [0.2, 0.25) is 0 Å². The van der Waals surface area contributed by atoms with Crippen molar-refractivity contribution in [2.24, 2.45) is 0 Å². The van der Waals surface area contributed by atoms with Gasteiger partial charge in [-0.25, -0.2) is 0 Å². The van der Waals surface area contributed by atoms with Crippen LogP contribution in [0.1, 0.15) is 0 Å². The largest absolute Gasteiger partial charge is 0.446 e. The Kier molecular flexibility index (Phi) is 11.6. The first-order valence-corrected chi connectivity index (χ1v) is 11.8. The third-order valence-electron chi connectivity index (χ3n) is 3.64. The first kappa shape index (κ1) is 31.8. The molecular weight excluding hydrogens is 534 g/mol. The van der Waals surface area contributed by atoms with Crippen LogP contribution < -0.4 is 16.0 Å². The summed E-state index contributed by atoms with van der Waals surface area (Å²) in [4.78, 5) is 34.5. The van der Waals surface area contributed by atoms with Gasteiger partial charge in [-0.3, -0.25) is 28.4 Å². The van der Waals surface area contributed by atoms with Crippen LogP contribution in [-0.4, -0.2) is 111 Å². The Labute approximate surface area is 188 Å². The molecule has 0 heterocycles. The summed E-state index contributed by atoms with van der Waals surface area (Å²) in [5, 5.41) is -0.395. The maximum Gasteiger partial charge on any atom is 0.446 e. The first-order chi connectivity index (χ1) is 15.2. The van der Waals surface area contributed by atoms with Gasteiger partial charge in [0.25, 0.3) is 21.9 Å². The highest BCUT2D eigenvalue weighted by Gasteiger charge is 2.52. The van der Waals surface area contributed by atoms with Crippen LogP contribution in [0.2, 0.25) is 0 Å². The van der Waals surface area contributed by atoms with Crippen molar-refractivity contribution in [1.82, 2.24) is 20.9 Å². The molecule has 0 aromatic rings. The van der Waals surface area contributed by atoms with E-state index in [1.54, 1.807) is 10.6 Å². The van der Waals surface area contributed by atoms with Gasteiger partial charge in [0, 0.05) is 39.3 Å². The summed E-state index contributed by atoms with van der Waals surface area (Å²) in [6.45, 7) is -3.19. The number of hydrogen-bond donors (Lipinski definition) is 5. The zero-order chi connectivity index (χ0) is 27.0. The van der Waals surface area contributed by atoms with E-state index in [1.165, 1.54) is 5.32 Å². The summed E-state index contributed by atoms with van der Waals surface area (Å²) < 4.78 is 136. The zero-order valence-electron chi connectivity index (χ0n) is 16.8. The lowest BCUT2D eigenvalue weighted by atomic mass is 10.3. The van der Waals surface area contributed by atoms with Gasteiger partial charge in [-0.2, -0.15) is 43.2 Å². The first-order valence-electron chi connectivity index (χ1n) is 8.73. The predicted molar refractivity (Wildman–Crippen MR) is 99.3 cm³/mol. The molecule has 21 heteroatoms. The molecular formula is C13H20F6N4O9S2. The number of alkyl halides is 6. The van der Waals surface area contributed by atoms with Gasteiger partial charge in [0.1, 0.15) is 5.75 Å². The van der Waals surface area contributed by atoms with E-state index in [2.05, 4.69) is 0 Å². The zero-order valence-corrected chi connectivity index (χ0v) is 18.4. The Balaban J connectivity index is 4.98. The molecule has 0 aliphatic carbocycles. The topological polar surface area (TPSA) is 199 Å². The van der Waals surface area contributed by atoms with Crippen molar-refractivity contribution < 1.29 is 66.7 Å². The lowest BCUT2D eigenvalue weighted by Crippen LogP contribution is -2.50. The quantitative estimate of drug-likeness (QED) is 0.110. The van der Waals surface area contributed by atoms with E-state index < -0.39 is 94.0 Å². The van der Waals surface area contributed by atoms with Crippen molar-refractivity contribution in [3.63, 3.8) is 0 Å². The van der Waals surface area contributed by atoms with Crippen LogP contribution in [0.5, 0.6) is 0 Å². The fraction of sp³-hybridized carbons (Fsp3) is 0.769. The Morgan fingerprint density at radius 2 is 1.21 bits per heavy atom. The summed E-state index contributed by atoms with van der Waals surface area (Å²) in [7, 11) is -11.3. The van der Waals surface area contributed by atoms with E-state index in [9.17, 15) is 57.6 Å². The molecule has 0 bridgehead atoms. The van der Waals surface area contributed by atoms with Gasteiger partial charge in [-0.1, -0.05) is 0 Å². The van der Waals surface area contributed by atoms with Crippen LogP contribution >= 0.6 is 0 Å². The molecule has 13 nitrogen and oxygen atoms in total. The van der Waals surface area contributed by atoms with Gasteiger partial charge < -0.3 is 16.0 Å². The molecule has 0 unspecified atom stereocenters. The Hall–Kier alpha value is -2.23. The van der Waals surface area contributed by atoms with Crippen molar-refractivity contribution in [2.75, 3.05) is 45.0 Å². The molecule has 5 N–H and O–H groups in total. The van der Waals surface area contributed by atoms with Gasteiger partial charge in [-0.15, -0.1) is 0 Å². The number of carbonyl (C=O) groups excluding carboxylic acids is 3. The monoisotopic (exact) mass is 554 g/mol. The molecule has 0 radical (unpaired) electrons. The molecule has 0 aromatic carbocycles. The average molecular weight is 554 g/mol. The summed E-state index contributed by atoms with van der Waals surface area (Å²) >= 11 is 0. The summed E-state index contributed by atoms with van der Waals surface area (Å²) in [6.07, 6.45) is -3.38. The van der Waals surface area contributed by atoms with E-state index in [4.69, 9.17) is 9.11 Å². The van der Waals surface area contributed by atoms with E-state index in [1.807, 2.05) is 0 Å². The van der Waals surface area contributed by atoms with Crippen LogP contribution in [0, 0.1) is 0 Å². The molecule has 0 saturated heterocycles. The highest BCUT2D eigenvalue weighted by molar-refractivity contribution is 7.87. The summed E-state index contributed by atoms with van der Waals surface area (Å²) in [6, 6.07) is 0. The number of amides is 3. The number of rotatable bonds is 15. The van der Waals surface area contributed by atoms with E-state index in [-0.39, 0.29) is 6.54 Å². The van der Waals surface area contributed by atoms with Gasteiger partial charge in [-0.05, 0) is 0 Å². The van der Waals surface area contributed by atoms with Gasteiger partial charge in [0.15, 0.2) is 0 Å². The minimum absolute atomic E-state index is 0.361. The van der Waals surface area contributed by atoms with Gasteiger partial charge >= 0.3 is 33.6 Å². The van der Waals surface area contributed by atoms with Crippen LogP contribution in [0.15, 0.2) is 0 Å². The third-order valence-corrected chi connectivity index (χ3v) is 5.20. The van der Waals surface area contributed by atoms with Crippen LogP contribution in [0.3, 0.4) is 0 Å². The van der Waals surface area contributed by atoms with Crippen LogP contribution in [0.4, 0.5) is 26.3 Å². The molecule has 200 valence electrons. The molecule has 0 fully saturated rings. The average Bonchev–Trinajstić information content (AvgIpc) is 2.64. The number of nitrogens with one attached hydrogen (secondary N) is 3. The summed E-state index contributed by atoms with van der Waals surface area (Å²) in [5.41, 5.74) is 0. The van der Waals surface area contributed by atoms with E-state index >= 15 is 0 Å². The van der Waals surface area contributed by atoms with E-state index in [0.717, 1.165) is 4.90 Å². The smallest absolute Gasteiger partial charge is 0.350 e. The van der Waals surface area contributed by atoms with Crippen molar-refractivity contribution in [3.8, 4) is 0 Å². The fourth-order valence-corrected chi connectivity index (χ4v) is 2.94. The number of hydrogen-bond acceptors (Lipinski definition) is 8. The van der Waals surface area contributed by atoms with Crippen LogP contribution in [-0.2, 0) is 34.6 Å². The molecule has 0 aliphatic rings. The second-order valence-corrected chi connectivity index (χ2v) is 9.28. The number of halogens is 6. The fourth-order valence-electron chi connectivity index (χ4n) is 2.05. The Morgan fingerprint density at radius 1 is 0.794 bits per heavy atom. The molecule has 0 rings (SSSR count). The molecule has 34 heavy (non-hydrogen) atoms. The van der Waals surface area contributed by atoms with Crippen molar-refractivity contribution in [1.29, 1.82) is 0 Å². The Bertz CT molecular complexity index is 947.